The number of methoxy groups -OCH3 is 3. The van der Waals surface area contributed by atoms with Crippen LogP contribution in [0.25, 0.3) is 0 Å². The highest BCUT2D eigenvalue weighted by Gasteiger charge is 2.15. The molecule has 0 unspecified atom stereocenters. The molecule has 0 spiro atoms. The van der Waals surface area contributed by atoms with E-state index in [4.69, 9.17) is 26.4 Å². The summed E-state index contributed by atoms with van der Waals surface area (Å²) in [4.78, 5) is 3.08. The maximum Gasteiger partial charge on any atom is 0.203 e. The molecule has 0 aromatic heterocycles. The number of benzene rings is 1. The van der Waals surface area contributed by atoms with E-state index in [0.29, 0.717) is 22.2 Å². The van der Waals surface area contributed by atoms with E-state index in [-0.39, 0.29) is 0 Å². The van der Waals surface area contributed by atoms with Crippen LogP contribution in [0, 0.1) is 0 Å². The average molecular weight is 340 g/mol. The molecule has 1 rings (SSSR count). The minimum Gasteiger partial charge on any atom is -0.493 e. The minimum atomic E-state index is 0.572. The van der Waals surface area contributed by atoms with E-state index in [1.807, 2.05) is 12.1 Å². The Hall–Kier alpha value is -1.53. The first-order chi connectivity index (χ1) is 11.1. The van der Waals surface area contributed by atoms with Gasteiger partial charge in [-0.3, -0.25) is 0 Å². The molecule has 0 fully saturated rings. The highest BCUT2D eigenvalue weighted by atomic mass is 32.1. The van der Waals surface area contributed by atoms with Crippen LogP contribution in [-0.4, -0.2) is 57.4 Å². The van der Waals surface area contributed by atoms with Gasteiger partial charge in [0, 0.05) is 12.1 Å². The lowest BCUT2D eigenvalue weighted by atomic mass is 10.1. The van der Waals surface area contributed by atoms with Gasteiger partial charge in [0.1, 0.15) is 4.99 Å². The molecule has 0 atom stereocenters. The van der Waals surface area contributed by atoms with Crippen molar-refractivity contribution in [3.8, 4) is 17.2 Å². The molecule has 130 valence electrons. The van der Waals surface area contributed by atoms with E-state index in [1.54, 1.807) is 21.3 Å². The third-order valence-corrected chi connectivity index (χ3v) is 4.14. The zero-order chi connectivity index (χ0) is 17.2. The first-order valence-electron chi connectivity index (χ1n) is 7.91. The van der Waals surface area contributed by atoms with Gasteiger partial charge in [0.15, 0.2) is 11.5 Å². The van der Waals surface area contributed by atoms with Crippen molar-refractivity contribution >= 4 is 17.2 Å². The molecule has 5 nitrogen and oxygen atoms in total. The molecule has 0 heterocycles. The maximum atomic E-state index is 5.47. The molecule has 0 aliphatic heterocycles. The molecule has 23 heavy (non-hydrogen) atoms. The second-order valence-electron chi connectivity index (χ2n) is 5.05. The maximum absolute atomic E-state index is 5.47. The molecule has 1 N–H and O–H groups in total. The van der Waals surface area contributed by atoms with Crippen molar-refractivity contribution in [3.63, 3.8) is 0 Å². The lowest BCUT2D eigenvalue weighted by Gasteiger charge is -2.18. The topological polar surface area (TPSA) is 43.0 Å². The van der Waals surface area contributed by atoms with Gasteiger partial charge in [0.05, 0.1) is 21.3 Å². The van der Waals surface area contributed by atoms with Gasteiger partial charge in [0.2, 0.25) is 5.75 Å². The number of thiocarbonyl (C=S) groups is 1. The Bertz CT molecular complexity index is 480. The second kappa shape index (κ2) is 10.3. The minimum absolute atomic E-state index is 0.572. The summed E-state index contributed by atoms with van der Waals surface area (Å²) in [5.74, 6) is 1.78. The van der Waals surface area contributed by atoms with Gasteiger partial charge in [0.25, 0.3) is 0 Å². The fourth-order valence-electron chi connectivity index (χ4n) is 2.36. The Labute approximate surface area is 144 Å². The number of nitrogens with zero attached hydrogens (tertiary/aromatic N) is 1. The monoisotopic (exact) mass is 340 g/mol. The van der Waals surface area contributed by atoms with Gasteiger partial charge in [-0.2, -0.15) is 0 Å². The van der Waals surface area contributed by atoms with Gasteiger partial charge >= 0.3 is 0 Å². The Morgan fingerprint density at radius 3 is 2.04 bits per heavy atom. The van der Waals surface area contributed by atoms with Crippen LogP contribution in [0.2, 0.25) is 0 Å². The summed E-state index contributed by atoms with van der Waals surface area (Å²) in [5.41, 5.74) is 0.859. The van der Waals surface area contributed by atoms with Crippen molar-refractivity contribution in [1.29, 1.82) is 0 Å². The first-order valence-corrected chi connectivity index (χ1v) is 8.32. The zero-order valence-corrected chi connectivity index (χ0v) is 15.6. The summed E-state index contributed by atoms with van der Waals surface area (Å²) in [6.45, 7) is 8.42. The lowest BCUT2D eigenvalue weighted by Crippen LogP contribution is -2.29. The number of hydrogen-bond donors (Lipinski definition) is 1. The van der Waals surface area contributed by atoms with Gasteiger partial charge in [-0.25, -0.2) is 0 Å². The highest BCUT2D eigenvalue weighted by molar-refractivity contribution is 7.80. The molecule has 0 bridgehead atoms. The van der Waals surface area contributed by atoms with E-state index in [1.165, 1.54) is 0 Å². The van der Waals surface area contributed by atoms with Crippen molar-refractivity contribution in [3.05, 3.63) is 17.7 Å². The normalized spacial score (nSPS) is 10.5. The van der Waals surface area contributed by atoms with Crippen LogP contribution in [0.4, 0.5) is 0 Å². The van der Waals surface area contributed by atoms with Crippen LogP contribution in [0.3, 0.4) is 0 Å². The summed E-state index contributed by atoms with van der Waals surface area (Å²) in [6.07, 6.45) is 1.05. The van der Waals surface area contributed by atoms with E-state index in [9.17, 15) is 0 Å². The first kappa shape index (κ1) is 19.5. The van der Waals surface area contributed by atoms with Crippen molar-refractivity contribution < 1.29 is 14.2 Å². The van der Waals surface area contributed by atoms with Crippen LogP contribution in [-0.2, 0) is 0 Å². The van der Waals surface area contributed by atoms with Crippen molar-refractivity contribution in [2.24, 2.45) is 0 Å². The van der Waals surface area contributed by atoms with Crippen LogP contribution >= 0.6 is 12.2 Å². The van der Waals surface area contributed by atoms with Crippen LogP contribution in [0.15, 0.2) is 12.1 Å². The zero-order valence-electron chi connectivity index (χ0n) is 14.8. The van der Waals surface area contributed by atoms with Gasteiger partial charge < -0.3 is 24.4 Å². The fraction of sp³-hybridized carbons (Fsp3) is 0.588. The summed E-state index contributed by atoms with van der Waals surface area (Å²) >= 11 is 5.47. The van der Waals surface area contributed by atoms with Gasteiger partial charge in [-0.15, -0.1) is 0 Å². The van der Waals surface area contributed by atoms with E-state index in [2.05, 4.69) is 24.1 Å². The molecular weight excluding hydrogens is 312 g/mol. The van der Waals surface area contributed by atoms with Crippen LogP contribution in [0.5, 0.6) is 17.2 Å². The largest absolute Gasteiger partial charge is 0.493 e. The van der Waals surface area contributed by atoms with Crippen molar-refractivity contribution in [2.45, 2.75) is 20.3 Å². The highest BCUT2D eigenvalue weighted by Crippen LogP contribution is 2.38. The molecule has 0 aliphatic rings. The SMILES string of the molecule is CCN(CC)CCCNC(=S)c1cc(OC)c(OC)c(OC)c1. The lowest BCUT2D eigenvalue weighted by molar-refractivity contribution is 0.300. The van der Waals surface area contributed by atoms with E-state index < -0.39 is 0 Å². The molecule has 1 aromatic rings. The summed E-state index contributed by atoms with van der Waals surface area (Å²) in [7, 11) is 4.78. The number of nitrogens with one attached hydrogen (secondary N) is 1. The summed E-state index contributed by atoms with van der Waals surface area (Å²) in [6, 6.07) is 3.72. The van der Waals surface area contributed by atoms with Crippen molar-refractivity contribution in [2.75, 3.05) is 47.5 Å². The quantitative estimate of drug-likeness (QED) is 0.522. The fourth-order valence-corrected chi connectivity index (χ4v) is 2.58. The smallest absolute Gasteiger partial charge is 0.203 e. The molecule has 1 aromatic carbocycles. The Kier molecular flexibility index (Phi) is 8.73. The molecule has 0 radical (unpaired) electrons. The third kappa shape index (κ3) is 5.55. The van der Waals surface area contributed by atoms with Crippen LogP contribution < -0.4 is 19.5 Å². The van der Waals surface area contributed by atoms with Crippen molar-refractivity contribution in [1.82, 2.24) is 10.2 Å². The van der Waals surface area contributed by atoms with E-state index in [0.717, 1.165) is 38.2 Å². The number of hydrogen-bond acceptors (Lipinski definition) is 5. The predicted octanol–water partition coefficient (Wildman–Crippen LogP) is 2.71. The molecule has 0 aliphatic carbocycles. The van der Waals surface area contributed by atoms with E-state index >= 15 is 0 Å². The average Bonchev–Trinajstić information content (AvgIpc) is 2.60. The second-order valence-corrected chi connectivity index (χ2v) is 5.46. The Balaban J connectivity index is 2.69. The molecular formula is C17H28N2O3S. The Morgan fingerprint density at radius 1 is 1.04 bits per heavy atom. The summed E-state index contributed by atoms with van der Waals surface area (Å²) in [5, 5.41) is 3.30. The standard InChI is InChI=1S/C17H28N2O3S/c1-6-19(7-2)10-8-9-18-17(23)13-11-14(20-3)16(22-5)15(12-13)21-4/h11-12H,6-10H2,1-5H3,(H,18,23). The number of rotatable bonds is 10. The molecule has 6 heteroatoms. The molecule has 0 saturated heterocycles. The predicted molar refractivity (Wildman–Crippen MR) is 98.2 cm³/mol. The van der Waals surface area contributed by atoms with Gasteiger partial charge in [-0.1, -0.05) is 26.1 Å². The summed E-state index contributed by atoms with van der Waals surface area (Å²) < 4.78 is 16.0. The molecule has 0 saturated carbocycles. The molecule has 0 amide bonds. The van der Waals surface area contributed by atoms with Crippen LogP contribution in [0.1, 0.15) is 25.8 Å². The van der Waals surface area contributed by atoms with Gasteiger partial charge in [-0.05, 0) is 38.2 Å². The Morgan fingerprint density at radius 2 is 1.61 bits per heavy atom. The number of ether oxygens (including phenoxy) is 3. The third-order valence-electron chi connectivity index (χ3n) is 3.76.